The third kappa shape index (κ3) is 10.5. The largest absolute Gasteiger partial charge is 0.368 e. The van der Waals surface area contributed by atoms with Crippen molar-refractivity contribution in [2.24, 2.45) is 0 Å². The lowest BCUT2D eigenvalue weighted by molar-refractivity contribution is 0.425. The second-order valence-electron chi connectivity index (χ2n) is 16.0. The van der Waals surface area contributed by atoms with Crippen molar-refractivity contribution in [1.82, 2.24) is 24.8 Å². The van der Waals surface area contributed by atoms with Crippen LogP contribution in [0.1, 0.15) is 22.3 Å². The zero-order chi connectivity index (χ0) is 50.8. The first-order chi connectivity index (χ1) is 34.7. The van der Waals surface area contributed by atoms with E-state index in [1.165, 1.54) is 16.0 Å². The Hall–Kier alpha value is -6.59. The summed E-state index contributed by atoms with van der Waals surface area (Å²) in [5, 5.41) is 48.9. The van der Waals surface area contributed by atoms with Crippen molar-refractivity contribution < 1.29 is 0 Å². The maximum atomic E-state index is 11.9. The molecule has 0 aliphatic rings. The number of H-pyrrole nitrogens is 2. The van der Waals surface area contributed by atoms with E-state index in [0.29, 0.717) is 43.7 Å². The Bertz CT molecular complexity index is 4440. The Balaban J connectivity index is 0.000000119. The number of thiophene rings is 4. The van der Waals surface area contributed by atoms with Crippen LogP contribution >= 0.6 is 105 Å². The topological polar surface area (TPSA) is 202 Å². The summed E-state index contributed by atoms with van der Waals surface area (Å²) in [4.78, 5) is 40.3. The molecule has 0 saturated heterocycles. The van der Waals surface area contributed by atoms with Crippen molar-refractivity contribution >= 4 is 195 Å². The average molecular weight is 1230 g/mol. The maximum Gasteiger partial charge on any atom is 0.257 e. The summed E-state index contributed by atoms with van der Waals surface area (Å²) in [6, 6.07) is 37.9. The summed E-state index contributed by atoms with van der Waals surface area (Å²) in [6.07, 6.45) is 0. The number of likely N-dealkylation sites (N-methyl/N-ethyl adjacent to an activating group) is 1. The molecule has 4 aromatic carbocycles. The van der Waals surface area contributed by atoms with Crippen LogP contribution in [0.15, 0.2) is 123 Å². The molecule has 352 valence electrons. The van der Waals surface area contributed by atoms with Crippen molar-refractivity contribution in [2.45, 2.75) is 0 Å². The third-order valence-electron chi connectivity index (χ3n) is 11.1. The van der Waals surface area contributed by atoms with Gasteiger partial charge in [0.05, 0.1) is 95.4 Å². The molecular formula is C52H30Br3ClN10O2S4. The van der Waals surface area contributed by atoms with E-state index < -0.39 is 0 Å². The molecule has 0 spiro atoms. The molecule has 0 aliphatic heterocycles. The van der Waals surface area contributed by atoms with E-state index in [0.717, 1.165) is 93.2 Å². The molecule has 20 heteroatoms. The molecule has 0 atom stereocenters. The predicted molar refractivity (Wildman–Crippen MR) is 308 cm³/mol. The minimum absolute atomic E-state index is 0.0983. The lowest BCUT2D eigenvalue weighted by atomic mass is 10.1. The molecule has 12 aromatic rings. The number of anilines is 1. The van der Waals surface area contributed by atoms with Crippen LogP contribution < -0.4 is 16.4 Å². The van der Waals surface area contributed by atoms with Crippen LogP contribution in [0.25, 0.3) is 84.0 Å². The maximum absolute atomic E-state index is 11.9. The van der Waals surface area contributed by atoms with Gasteiger partial charge in [0.2, 0.25) is 0 Å². The van der Waals surface area contributed by atoms with E-state index in [4.69, 9.17) is 37.6 Å². The molecular weight excluding hydrogens is 1200 g/mol. The number of hydrogen-bond donors (Lipinski definition) is 3. The van der Waals surface area contributed by atoms with Gasteiger partial charge in [0.25, 0.3) is 11.1 Å². The standard InChI is InChI=1S/C16H15BrN4S.C12H4BrClN2S.C12H5BrN2OS.C12H6N2OS/c1-21(2)6-5-19-16-12-8-14(17)22-15(12)11-4-3-10(9-18)7-13(11)20-16;13-10-4-8-11(17-10)7-2-1-6(5-15)3-9(7)16-12(8)14;13-10-4-8-11(17-10)7-2-1-6(5-14)3-9(7)15-12(8)16;13-6-7-1-2-8-10(5-7)14-12(15)9-3-4-16-11(8)9/h3-4,7-8H,5-6H2,1-2H3,(H,19,20);1-4H;1-4H,(H,15,16);1-5H,(H,14,15). The van der Waals surface area contributed by atoms with Gasteiger partial charge >= 0.3 is 0 Å². The molecule has 12 rings (SSSR count). The van der Waals surface area contributed by atoms with Gasteiger partial charge in [-0.15, -0.1) is 45.3 Å². The van der Waals surface area contributed by atoms with Crippen LogP contribution in [0.2, 0.25) is 5.15 Å². The van der Waals surface area contributed by atoms with E-state index in [-0.39, 0.29) is 11.1 Å². The second kappa shape index (κ2) is 21.6. The van der Waals surface area contributed by atoms with Crippen LogP contribution in [0.4, 0.5) is 5.82 Å². The summed E-state index contributed by atoms with van der Waals surface area (Å²) in [5.74, 6) is 0.876. The van der Waals surface area contributed by atoms with Gasteiger partial charge in [-0.3, -0.25) is 9.59 Å². The number of benzene rings is 4. The van der Waals surface area contributed by atoms with E-state index in [1.54, 1.807) is 70.4 Å². The van der Waals surface area contributed by atoms with Gasteiger partial charge in [-0.25, -0.2) is 9.97 Å². The van der Waals surface area contributed by atoms with Gasteiger partial charge in [0.1, 0.15) is 11.0 Å². The number of aromatic amines is 2. The average Bonchev–Trinajstić information content (AvgIpc) is 4.20. The Labute approximate surface area is 455 Å². The van der Waals surface area contributed by atoms with Gasteiger partial charge < -0.3 is 20.2 Å². The van der Waals surface area contributed by atoms with E-state index >= 15 is 0 Å². The van der Waals surface area contributed by atoms with Crippen molar-refractivity contribution in [2.75, 3.05) is 32.5 Å². The summed E-state index contributed by atoms with van der Waals surface area (Å²) >= 11 is 22.9. The highest BCUT2D eigenvalue weighted by molar-refractivity contribution is 9.11. The molecule has 0 bridgehead atoms. The molecule has 8 aromatic heterocycles. The fourth-order valence-electron chi connectivity index (χ4n) is 7.74. The SMILES string of the molecule is CN(C)CCNc1nc2cc(C#N)ccc2c2sc(Br)cc12.N#Cc1ccc2c(c1)[nH]c(=O)c1cc(Br)sc12.N#Cc1ccc2c(c1)[nH]c(=O)c1ccsc12.N#Cc1ccc2c(c1)nc(Cl)c1cc(Br)sc12. The quantitative estimate of drug-likeness (QED) is 0.142. The fraction of sp³-hybridized carbons (Fsp3) is 0.0769. The molecule has 0 radical (unpaired) electrons. The highest BCUT2D eigenvalue weighted by atomic mass is 79.9. The zero-order valence-electron chi connectivity index (χ0n) is 37.3. The number of pyridine rings is 4. The number of hydrogen-bond acceptors (Lipinski definition) is 14. The van der Waals surface area contributed by atoms with E-state index in [1.807, 2.05) is 74.1 Å². The van der Waals surface area contributed by atoms with Crippen LogP contribution in [0.5, 0.6) is 0 Å². The van der Waals surface area contributed by atoms with Gasteiger partial charge in [0, 0.05) is 59.5 Å². The number of halogens is 4. The van der Waals surface area contributed by atoms with Crippen molar-refractivity contribution in [3.8, 4) is 24.3 Å². The highest BCUT2D eigenvalue weighted by Gasteiger charge is 2.14. The molecule has 0 aliphatic carbocycles. The van der Waals surface area contributed by atoms with Crippen LogP contribution in [-0.4, -0.2) is 52.0 Å². The Morgan fingerprint density at radius 2 is 1.00 bits per heavy atom. The van der Waals surface area contributed by atoms with Crippen molar-refractivity contribution in [3.63, 3.8) is 0 Å². The second-order valence-corrected chi connectivity index (χ2v) is 24.5. The van der Waals surface area contributed by atoms with Gasteiger partial charge in [-0.2, -0.15) is 21.0 Å². The number of aromatic nitrogens is 4. The summed E-state index contributed by atoms with van der Waals surface area (Å²) < 4.78 is 7.23. The molecule has 0 saturated carbocycles. The number of rotatable bonds is 4. The zero-order valence-corrected chi connectivity index (χ0v) is 46.1. The molecule has 0 amide bonds. The molecule has 8 heterocycles. The van der Waals surface area contributed by atoms with Crippen molar-refractivity contribution in [3.05, 3.63) is 162 Å². The van der Waals surface area contributed by atoms with Crippen LogP contribution in [-0.2, 0) is 0 Å². The number of nitrogens with one attached hydrogen (secondary N) is 3. The third-order valence-corrected chi connectivity index (χ3v) is 17.3. The molecule has 3 N–H and O–H groups in total. The monoisotopic (exact) mass is 1230 g/mol. The number of nitriles is 4. The summed E-state index contributed by atoms with van der Waals surface area (Å²) in [6.45, 7) is 1.76. The minimum atomic E-state index is -0.121. The summed E-state index contributed by atoms with van der Waals surface area (Å²) in [7, 11) is 4.09. The predicted octanol–water partition coefficient (Wildman–Crippen LogP) is 14.8. The first kappa shape index (κ1) is 50.4. The first-order valence-corrected chi connectivity index (χ1v) is 27.3. The van der Waals surface area contributed by atoms with Gasteiger partial charge in [-0.1, -0.05) is 35.9 Å². The summed E-state index contributed by atoms with van der Waals surface area (Å²) in [5.41, 5.74) is 5.15. The number of nitrogens with zero attached hydrogens (tertiary/aromatic N) is 7. The lowest BCUT2D eigenvalue weighted by Gasteiger charge is -2.12. The molecule has 0 fully saturated rings. The highest BCUT2D eigenvalue weighted by Crippen LogP contribution is 2.40. The lowest BCUT2D eigenvalue weighted by Crippen LogP contribution is -2.21. The molecule has 72 heavy (non-hydrogen) atoms. The van der Waals surface area contributed by atoms with Crippen LogP contribution in [0.3, 0.4) is 0 Å². The van der Waals surface area contributed by atoms with E-state index in [9.17, 15) is 9.59 Å². The van der Waals surface area contributed by atoms with Crippen LogP contribution in [0, 0.1) is 45.3 Å². The normalized spacial score (nSPS) is 10.9. The molecule has 12 nitrogen and oxygen atoms in total. The van der Waals surface area contributed by atoms with Gasteiger partial charge in [-0.05, 0) is 140 Å². The number of fused-ring (bicyclic) bond motifs is 12. The van der Waals surface area contributed by atoms with Crippen molar-refractivity contribution in [1.29, 1.82) is 21.0 Å². The fourth-order valence-corrected chi connectivity index (χ4v) is 13.9. The Kier molecular flexibility index (Phi) is 15.1. The Morgan fingerprint density at radius 1 is 0.556 bits per heavy atom. The first-order valence-electron chi connectivity index (χ1n) is 21.2. The smallest absolute Gasteiger partial charge is 0.257 e. The Morgan fingerprint density at radius 3 is 1.54 bits per heavy atom. The van der Waals surface area contributed by atoms with E-state index in [2.05, 4.69) is 103 Å². The van der Waals surface area contributed by atoms with Gasteiger partial charge in [0.15, 0.2) is 0 Å². The minimum Gasteiger partial charge on any atom is -0.368 e. The molecule has 0 unspecified atom stereocenters.